The average Bonchev–Trinajstić information content (AvgIpc) is 3.33. The van der Waals surface area contributed by atoms with Gasteiger partial charge in [-0.2, -0.15) is 5.10 Å². The molecule has 1 N–H and O–H groups in total. The van der Waals surface area contributed by atoms with Crippen LogP contribution in [0.4, 0.5) is 5.69 Å². The number of rotatable bonds is 5. The molecule has 0 fully saturated rings. The zero-order valence-corrected chi connectivity index (χ0v) is 16.8. The first kappa shape index (κ1) is 19.5. The van der Waals surface area contributed by atoms with Crippen molar-refractivity contribution in [3.05, 3.63) is 65.5 Å². The van der Waals surface area contributed by atoms with Crippen LogP contribution in [0.5, 0.6) is 11.5 Å². The molecule has 30 heavy (non-hydrogen) atoms. The number of carbonyl (C=O) groups is 2. The normalized spacial score (nSPS) is 13.0. The first-order valence-electron chi connectivity index (χ1n) is 9.46. The van der Waals surface area contributed by atoms with Crippen molar-refractivity contribution in [1.82, 2.24) is 9.78 Å². The van der Waals surface area contributed by atoms with Crippen LogP contribution in [0.3, 0.4) is 0 Å². The van der Waals surface area contributed by atoms with Crippen LogP contribution in [0, 0.1) is 13.8 Å². The van der Waals surface area contributed by atoms with Gasteiger partial charge in [-0.3, -0.25) is 4.79 Å². The molecule has 2 heterocycles. The number of carbonyl (C=O) groups excluding carboxylic acids is 2. The highest BCUT2D eigenvalue weighted by atomic mass is 16.7. The lowest BCUT2D eigenvalue weighted by Gasteiger charge is -2.14. The van der Waals surface area contributed by atoms with Crippen molar-refractivity contribution in [3.63, 3.8) is 0 Å². The summed E-state index contributed by atoms with van der Waals surface area (Å²) in [5.74, 6) is 0.154. The van der Waals surface area contributed by atoms with E-state index in [1.165, 1.54) is 6.92 Å². The van der Waals surface area contributed by atoms with Crippen LogP contribution in [-0.4, -0.2) is 34.6 Å². The molecule has 3 aromatic rings. The number of ether oxygens (including phenoxy) is 3. The molecule has 154 valence electrons. The topological polar surface area (TPSA) is 91.7 Å². The van der Waals surface area contributed by atoms with Gasteiger partial charge >= 0.3 is 5.97 Å². The zero-order valence-electron chi connectivity index (χ0n) is 16.8. The van der Waals surface area contributed by atoms with Gasteiger partial charge in [0.15, 0.2) is 17.6 Å². The highest BCUT2D eigenvalue weighted by Gasteiger charge is 2.21. The zero-order chi connectivity index (χ0) is 21.3. The molecule has 0 radical (unpaired) electrons. The molecule has 8 heteroatoms. The maximum atomic E-state index is 12.4. The van der Waals surface area contributed by atoms with E-state index in [1.54, 1.807) is 47.1 Å². The Balaban J connectivity index is 1.38. The van der Waals surface area contributed by atoms with Crippen molar-refractivity contribution in [2.24, 2.45) is 0 Å². The quantitative estimate of drug-likeness (QED) is 0.652. The lowest BCUT2D eigenvalue weighted by Crippen LogP contribution is -2.30. The van der Waals surface area contributed by atoms with Gasteiger partial charge in [0.05, 0.1) is 16.9 Å². The second kappa shape index (κ2) is 7.90. The number of hydrogen-bond acceptors (Lipinski definition) is 6. The molecule has 2 aromatic carbocycles. The summed E-state index contributed by atoms with van der Waals surface area (Å²) in [5, 5.41) is 7.12. The number of nitrogens with zero attached hydrogens (tertiary/aromatic N) is 2. The minimum atomic E-state index is -0.974. The Labute approximate surface area is 173 Å². The lowest BCUT2D eigenvalue weighted by atomic mass is 10.2. The van der Waals surface area contributed by atoms with E-state index in [4.69, 9.17) is 14.2 Å². The molecular weight excluding hydrogens is 386 g/mol. The summed E-state index contributed by atoms with van der Waals surface area (Å²) in [6.45, 7) is 5.55. The van der Waals surface area contributed by atoms with Crippen LogP contribution in [0.25, 0.3) is 5.69 Å². The SMILES string of the molecule is Cc1cc(C)n(-c2ccc(C(=O)O[C@@H](C)C(=O)Nc3ccc4c(c3)OCO4)cc2)n1. The van der Waals surface area contributed by atoms with Crippen LogP contribution in [0.1, 0.15) is 28.7 Å². The van der Waals surface area contributed by atoms with Gasteiger partial charge in [-0.15, -0.1) is 0 Å². The Hall–Kier alpha value is -3.81. The highest BCUT2D eigenvalue weighted by molar-refractivity contribution is 5.97. The van der Waals surface area contributed by atoms with E-state index in [2.05, 4.69) is 10.4 Å². The van der Waals surface area contributed by atoms with Crippen molar-refractivity contribution in [2.45, 2.75) is 26.9 Å². The van der Waals surface area contributed by atoms with E-state index in [-0.39, 0.29) is 6.79 Å². The van der Waals surface area contributed by atoms with Gasteiger partial charge in [-0.05, 0) is 63.2 Å². The van der Waals surface area contributed by atoms with Gasteiger partial charge in [0.25, 0.3) is 5.91 Å². The molecular formula is C22H21N3O5. The summed E-state index contributed by atoms with van der Waals surface area (Å²) in [5.41, 5.74) is 3.63. The summed E-state index contributed by atoms with van der Waals surface area (Å²) in [7, 11) is 0. The second-order valence-electron chi connectivity index (χ2n) is 6.99. The molecule has 1 aliphatic rings. The molecule has 1 aromatic heterocycles. The van der Waals surface area contributed by atoms with Crippen molar-refractivity contribution in [2.75, 3.05) is 12.1 Å². The van der Waals surface area contributed by atoms with E-state index in [0.29, 0.717) is 22.7 Å². The molecule has 1 amide bonds. The van der Waals surface area contributed by atoms with Crippen LogP contribution < -0.4 is 14.8 Å². The third kappa shape index (κ3) is 3.98. The van der Waals surface area contributed by atoms with Gasteiger partial charge in [-0.1, -0.05) is 0 Å². The molecule has 0 aliphatic carbocycles. The summed E-state index contributed by atoms with van der Waals surface area (Å²) in [6.07, 6.45) is -0.974. The van der Waals surface area contributed by atoms with Crippen molar-refractivity contribution < 1.29 is 23.8 Å². The maximum Gasteiger partial charge on any atom is 0.338 e. The molecule has 4 rings (SSSR count). The summed E-state index contributed by atoms with van der Waals surface area (Å²) < 4.78 is 17.6. The van der Waals surface area contributed by atoms with Gasteiger partial charge in [0.2, 0.25) is 6.79 Å². The first-order valence-corrected chi connectivity index (χ1v) is 9.46. The number of esters is 1. The van der Waals surface area contributed by atoms with Crippen LogP contribution in [0.15, 0.2) is 48.5 Å². The average molecular weight is 407 g/mol. The number of anilines is 1. The minimum absolute atomic E-state index is 0.152. The summed E-state index contributed by atoms with van der Waals surface area (Å²) in [4.78, 5) is 24.8. The van der Waals surface area contributed by atoms with E-state index >= 15 is 0 Å². The summed E-state index contributed by atoms with van der Waals surface area (Å²) >= 11 is 0. The smallest absolute Gasteiger partial charge is 0.338 e. The number of hydrogen-bond donors (Lipinski definition) is 1. The van der Waals surface area contributed by atoms with E-state index < -0.39 is 18.0 Å². The van der Waals surface area contributed by atoms with Gasteiger partial charge in [0, 0.05) is 17.4 Å². The highest BCUT2D eigenvalue weighted by Crippen LogP contribution is 2.34. The van der Waals surface area contributed by atoms with Crippen LogP contribution >= 0.6 is 0 Å². The number of fused-ring (bicyclic) bond motifs is 1. The predicted molar refractivity (Wildman–Crippen MR) is 109 cm³/mol. The molecule has 1 atom stereocenters. The lowest BCUT2D eigenvalue weighted by molar-refractivity contribution is -0.123. The molecule has 0 bridgehead atoms. The Morgan fingerprint density at radius 1 is 1.07 bits per heavy atom. The Morgan fingerprint density at radius 2 is 1.80 bits per heavy atom. The predicted octanol–water partition coefficient (Wildman–Crippen LogP) is 3.40. The molecule has 0 spiro atoms. The van der Waals surface area contributed by atoms with Crippen molar-refractivity contribution >= 4 is 17.6 Å². The van der Waals surface area contributed by atoms with E-state index in [0.717, 1.165) is 17.1 Å². The van der Waals surface area contributed by atoms with Crippen molar-refractivity contribution in [3.8, 4) is 17.2 Å². The molecule has 1 aliphatic heterocycles. The third-order valence-electron chi connectivity index (χ3n) is 4.65. The number of aromatic nitrogens is 2. The number of amides is 1. The molecule has 0 unspecified atom stereocenters. The molecule has 0 saturated carbocycles. The maximum absolute atomic E-state index is 12.4. The van der Waals surface area contributed by atoms with Crippen LogP contribution in [-0.2, 0) is 9.53 Å². The largest absolute Gasteiger partial charge is 0.454 e. The Morgan fingerprint density at radius 3 is 2.50 bits per heavy atom. The van der Waals surface area contributed by atoms with Gasteiger partial charge in [0.1, 0.15) is 0 Å². The molecule has 0 saturated heterocycles. The molecule has 8 nitrogen and oxygen atoms in total. The third-order valence-corrected chi connectivity index (χ3v) is 4.65. The second-order valence-corrected chi connectivity index (χ2v) is 6.99. The Kier molecular flexibility index (Phi) is 5.14. The minimum Gasteiger partial charge on any atom is -0.454 e. The standard InChI is InChI=1S/C22H21N3O5/c1-13-10-14(2)25(24-13)18-7-4-16(5-8-18)22(27)30-15(3)21(26)23-17-6-9-19-20(11-17)29-12-28-19/h4-11,15H,12H2,1-3H3,(H,23,26)/t15-/m0/s1. The summed E-state index contributed by atoms with van der Waals surface area (Å²) in [6, 6.07) is 13.9. The monoisotopic (exact) mass is 407 g/mol. The number of nitrogens with one attached hydrogen (secondary N) is 1. The first-order chi connectivity index (χ1) is 14.4. The fourth-order valence-electron chi connectivity index (χ4n) is 3.13. The van der Waals surface area contributed by atoms with Gasteiger partial charge in [-0.25, -0.2) is 9.48 Å². The number of benzene rings is 2. The Bertz CT molecular complexity index is 1100. The van der Waals surface area contributed by atoms with Crippen molar-refractivity contribution in [1.29, 1.82) is 0 Å². The fourth-order valence-corrected chi connectivity index (χ4v) is 3.13. The fraction of sp³-hybridized carbons (Fsp3) is 0.227. The van der Waals surface area contributed by atoms with E-state index in [9.17, 15) is 9.59 Å². The van der Waals surface area contributed by atoms with E-state index in [1.807, 2.05) is 19.9 Å². The van der Waals surface area contributed by atoms with Crippen LogP contribution in [0.2, 0.25) is 0 Å². The van der Waals surface area contributed by atoms with Gasteiger partial charge < -0.3 is 19.5 Å². The number of aryl methyl sites for hydroxylation is 2.